The van der Waals surface area contributed by atoms with Gasteiger partial charge in [0, 0.05) is 16.9 Å². The monoisotopic (exact) mass is 542 g/mol. The van der Waals surface area contributed by atoms with Crippen LogP contribution in [0.25, 0.3) is 0 Å². The molecule has 1 aliphatic heterocycles. The van der Waals surface area contributed by atoms with Gasteiger partial charge in [0.25, 0.3) is 0 Å². The normalized spacial score (nSPS) is 26.8. The molecule has 1 fully saturated rings. The first-order valence-electron chi connectivity index (χ1n) is 13.3. The van der Waals surface area contributed by atoms with E-state index >= 15 is 0 Å². The average Bonchev–Trinajstić information content (AvgIpc) is 2.97. The van der Waals surface area contributed by atoms with Crippen LogP contribution in [0.1, 0.15) is 30.0 Å². The maximum atomic E-state index is 12.3. The molecule has 202 valence electrons. The van der Waals surface area contributed by atoms with E-state index in [1.165, 1.54) is 0 Å². The molecule has 0 aromatic heterocycles. The molecular weight excluding hydrogens is 508 g/mol. The SMILES string of the molecule is C[C@@H]1O[C@@](O)(C2=CC=CCC2=S)[C@@H](OCc2ccccc2)[C@H](OCc2ccccc2)[C@@H]1OCc1ccccc1. The van der Waals surface area contributed by atoms with Crippen LogP contribution in [0.5, 0.6) is 0 Å². The van der Waals surface area contributed by atoms with Crippen LogP contribution in [0.15, 0.2) is 115 Å². The van der Waals surface area contributed by atoms with E-state index in [1.807, 2.05) is 116 Å². The zero-order valence-corrected chi connectivity index (χ0v) is 22.8. The molecule has 1 N–H and O–H groups in total. The van der Waals surface area contributed by atoms with E-state index in [2.05, 4.69) is 0 Å². The fraction of sp³-hybridized carbons (Fsp3) is 0.303. The molecule has 0 saturated carbocycles. The van der Waals surface area contributed by atoms with Crippen molar-refractivity contribution in [2.24, 2.45) is 0 Å². The minimum absolute atomic E-state index is 0.262. The van der Waals surface area contributed by atoms with Crippen molar-refractivity contribution in [1.82, 2.24) is 0 Å². The molecule has 0 spiro atoms. The minimum atomic E-state index is -1.82. The van der Waals surface area contributed by atoms with Crippen LogP contribution in [0.2, 0.25) is 0 Å². The van der Waals surface area contributed by atoms with Crippen molar-refractivity contribution in [2.75, 3.05) is 0 Å². The van der Waals surface area contributed by atoms with E-state index in [-0.39, 0.29) is 6.61 Å². The first-order valence-corrected chi connectivity index (χ1v) is 13.7. The van der Waals surface area contributed by atoms with Crippen LogP contribution in [0, 0.1) is 0 Å². The summed E-state index contributed by atoms with van der Waals surface area (Å²) in [6, 6.07) is 29.8. The lowest BCUT2D eigenvalue weighted by Crippen LogP contribution is -2.67. The summed E-state index contributed by atoms with van der Waals surface area (Å²) in [6.07, 6.45) is 3.65. The van der Waals surface area contributed by atoms with Gasteiger partial charge in [-0.3, -0.25) is 0 Å². The predicted molar refractivity (Wildman–Crippen MR) is 155 cm³/mol. The molecule has 2 aliphatic rings. The summed E-state index contributed by atoms with van der Waals surface area (Å²) in [6.45, 7) is 2.86. The molecule has 5 nitrogen and oxygen atoms in total. The zero-order valence-electron chi connectivity index (χ0n) is 22.0. The molecule has 0 unspecified atom stereocenters. The average molecular weight is 543 g/mol. The van der Waals surface area contributed by atoms with Crippen molar-refractivity contribution < 1.29 is 24.1 Å². The number of hydrogen-bond donors (Lipinski definition) is 1. The molecular formula is C33H34O5S. The van der Waals surface area contributed by atoms with Gasteiger partial charge in [-0.15, -0.1) is 0 Å². The highest BCUT2D eigenvalue weighted by Crippen LogP contribution is 2.40. The Kier molecular flexibility index (Phi) is 9.14. The Labute approximate surface area is 235 Å². The number of ether oxygens (including phenoxy) is 4. The molecule has 1 saturated heterocycles. The fourth-order valence-electron chi connectivity index (χ4n) is 5.07. The smallest absolute Gasteiger partial charge is 0.223 e. The maximum absolute atomic E-state index is 12.3. The number of thiocarbonyl (C=S) groups is 1. The van der Waals surface area contributed by atoms with Crippen molar-refractivity contribution in [2.45, 2.75) is 63.4 Å². The summed E-state index contributed by atoms with van der Waals surface area (Å²) in [7, 11) is 0. The van der Waals surface area contributed by atoms with Crippen LogP contribution in [0.3, 0.4) is 0 Å². The molecule has 3 aromatic carbocycles. The lowest BCUT2D eigenvalue weighted by Gasteiger charge is -2.50. The van der Waals surface area contributed by atoms with Gasteiger partial charge in [-0.05, 0) is 23.6 Å². The quantitative estimate of drug-likeness (QED) is 0.312. The van der Waals surface area contributed by atoms with Crippen LogP contribution < -0.4 is 0 Å². The zero-order chi connectivity index (χ0) is 27.1. The first kappa shape index (κ1) is 27.6. The van der Waals surface area contributed by atoms with Gasteiger partial charge in [0.05, 0.1) is 25.9 Å². The van der Waals surface area contributed by atoms with Gasteiger partial charge in [0.1, 0.15) is 18.3 Å². The van der Waals surface area contributed by atoms with Crippen molar-refractivity contribution in [3.05, 3.63) is 131 Å². The molecule has 1 aliphatic carbocycles. The van der Waals surface area contributed by atoms with E-state index in [9.17, 15) is 5.11 Å². The standard InChI is InChI=1S/C33H34O5S/c1-24-30(35-21-25-13-5-2-6-14-25)31(36-22-26-15-7-3-8-16-26)32(37-23-27-17-9-4-10-18-27)33(34,38-24)28-19-11-12-20-29(28)39/h2-19,24,30-32,34H,20-23H2,1H3/t24-,30+,31+,32-,33-/m0/s1. The van der Waals surface area contributed by atoms with E-state index in [1.54, 1.807) is 0 Å². The predicted octanol–water partition coefficient (Wildman–Crippen LogP) is 6.11. The van der Waals surface area contributed by atoms with Crippen molar-refractivity contribution in [3.8, 4) is 0 Å². The van der Waals surface area contributed by atoms with E-state index in [0.29, 0.717) is 30.1 Å². The topological polar surface area (TPSA) is 57.2 Å². The summed E-state index contributed by atoms with van der Waals surface area (Å²) in [5, 5.41) is 12.3. The molecule has 39 heavy (non-hydrogen) atoms. The lowest BCUT2D eigenvalue weighted by molar-refractivity contribution is -0.346. The number of rotatable bonds is 10. The molecule has 0 bridgehead atoms. The Balaban J connectivity index is 1.49. The van der Waals surface area contributed by atoms with Gasteiger partial charge in [0.15, 0.2) is 0 Å². The number of aliphatic hydroxyl groups is 1. The van der Waals surface area contributed by atoms with Gasteiger partial charge in [-0.25, -0.2) is 0 Å². The summed E-state index contributed by atoms with van der Waals surface area (Å²) < 4.78 is 26.0. The Morgan fingerprint density at radius 2 is 1.26 bits per heavy atom. The largest absolute Gasteiger partial charge is 0.368 e. The molecule has 5 rings (SSSR count). The van der Waals surface area contributed by atoms with Gasteiger partial charge in [0.2, 0.25) is 5.79 Å². The maximum Gasteiger partial charge on any atom is 0.223 e. The van der Waals surface area contributed by atoms with E-state index in [4.69, 9.17) is 31.2 Å². The number of allylic oxidation sites excluding steroid dienone is 3. The Morgan fingerprint density at radius 3 is 1.77 bits per heavy atom. The minimum Gasteiger partial charge on any atom is -0.368 e. The van der Waals surface area contributed by atoms with E-state index < -0.39 is 30.2 Å². The van der Waals surface area contributed by atoms with Crippen molar-refractivity contribution in [1.29, 1.82) is 0 Å². The molecule has 0 radical (unpaired) electrons. The van der Waals surface area contributed by atoms with Gasteiger partial charge >= 0.3 is 0 Å². The third-order valence-electron chi connectivity index (χ3n) is 7.07. The second-order valence-corrected chi connectivity index (χ2v) is 10.4. The molecule has 3 aromatic rings. The highest BCUT2D eigenvalue weighted by atomic mass is 32.1. The fourth-order valence-corrected chi connectivity index (χ4v) is 5.38. The van der Waals surface area contributed by atoms with E-state index in [0.717, 1.165) is 16.7 Å². The second kappa shape index (κ2) is 12.9. The van der Waals surface area contributed by atoms with Gasteiger partial charge in [-0.1, -0.05) is 121 Å². The van der Waals surface area contributed by atoms with Gasteiger partial charge in [-0.2, -0.15) is 0 Å². The van der Waals surface area contributed by atoms with Crippen LogP contribution in [0.4, 0.5) is 0 Å². The third kappa shape index (κ3) is 6.61. The van der Waals surface area contributed by atoms with Gasteiger partial charge < -0.3 is 24.1 Å². The highest BCUT2D eigenvalue weighted by Gasteiger charge is 2.57. The Bertz CT molecular complexity index is 1280. The lowest BCUT2D eigenvalue weighted by atomic mass is 9.84. The van der Waals surface area contributed by atoms with Crippen LogP contribution in [-0.2, 0) is 38.8 Å². The summed E-state index contributed by atoms with van der Waals surface area (Å²) in [5.41, 5.74) is 3.55. The molecule has 1 heterocycles. The molecule has 0 amide bonds. The Hall–Kier alpha value is -2.97. The summed E-state index contributed by atoms with van der Waals surface area (Å²) in [5.74, 6) is -1.82. The van der Waals surface area contributed by atoms with Crippen LogP contribution in [-0.4, -0.2) is 40.2 Å². The molecule has 6 heteroatoms. The van der Waals surface area contributed by atoms with Crippen molar-refractivity contribution in [3.63, 3.8) is 0 Å². The molecule has 5 atom stereocenters. The Morgan fingerprint density at radius 1 is 0.769 bits per heavy atom. The van der Waals surface area contributed by atoms with Crippen molar-refractivity contribution >= 4 is 17.1 Å². The first-order chi connectivity index (χ1) is 19.0. The summed E-state index contributed by atoms with van der Waals surface area (Å²) >= 11 is 5.69. The number of hydrogen-bond acceptors (Lipinski definition) is 6. The third-order valence-corrected chi connectivity index (χ3v) is 7.45. The second-order valence-electron chi connectivity index (χ2n) is 9.89. The highest BCUT2D eigenvalue weighted by molar-refractivity contribution is 7.80. The van der Waals surface area contributed by atoms with Crippen LogP contribution >= 0.6 is 12.2 Å². The summed E-state index contributed by atoms with van der Waals surface area (Å²) in [4.78, 5) is 0.617. The number of benzene rings is 3.